The Morgan fingerprint density at radius 1 is 1.08 bits per heavy atom. The molecule has 26 heavy (non-hydrogen) atoms. The molecule has 1 aromatic heterocycles. The molecule has 0 spiro atoms. The standard InChI is InChI=1S/C17H15F2N3O3S/c1-9(2)26(24,25)22-15-7-10(3-4-14(15)21-17(22)20)16(23)11-5-12(18)8-13(19)6-11/h3-9H,1-2H3,(H2,20,21). The van der Waals surface area contributed by atoms with Crippen LogP contribution in [0.15, 0.2) is 36.4 Å². The quantitative estimate of drug-likeness (QED) is 0.703. The molecule has 0 radical (unpaired) electrons. The zero-order valence-electron chi connectivity index (χ0n) is 13.9. The second kappa shape index (κ2) is 6.17. The van der Waals surface area contributed by atoms with Crippen LogP contribution in [0.25, 0.3) is 11.0 Å². The average Bonchev–Trinajstić information content (AvgIpc) is 2.88. The molecule has 2 N–H and O–H groups in total. The van der Waals surface area contributed by atoms with Crippen LogP contribution < -0.4 is 5.73 Å². The van der Waals surface area contributed by atoms with Gasteiger partial charge in [0.05, 0.1) is 16.3 Å². The maximum Gasteiger partial charge on any atom is 0.244 e. The molecule has 2 aromatic carbocycles. The SMILES string of the molecule is CC(C)S(=O)(=O)n1c(N)nc2ccc(C(=O)c3cc(F)cc(F)c3)cc21. The number of nitrogen functional groups attached to an aromatic ring is 1. The van der Waals surface area contributed by atoms with Crippen LogP contribution in [0.4, 0.5) is 14.7 Å². The number of carbonyl (C=O) groups excluding carboxylic acids is 1. The molecule has 136 valence electrons. The van der Waals surface area contributed by atoms with Crippen molar-refractivity contribution < 1.29 is 22.0 Å². The summed E-state index contributed by atoms with van der Waals surface area (Å²) in [5, 5.41) is -0.765. The fourth-order valence-corrected chi connectivity index (χ4v) is 3.69. The highest BCUT2D eigenvalue weighted by Gasteiger charge is 2.25. The second-order valence-corrected chi connectivity index (χ2v) is 8.36. The van der Waals surface area contributed by atoms with Crippen LogP contribution in [0.2, 0.25) is 0 Å². The van der Waals surface area contributed by atoms with Gasteiger partial charge in [-0.3, -0.25) is 4.79 Å². The van der Waals surface area contributed by atoms with E-state index in [1.807, 2.05) is 0 Å². The number of fused-ring (bicyclic) bond motifs is 1. The van der Waals surface area contributed by atoms with E-state index < -0.39 is 32.7 Å². The largest absolute Gasteiger partial charge is 0.368 e. The van der Waals surface area contributed by atoms with Gasteiger partial charge in [-0.15, -0.1) is 0 Å². The number of hydrogen-bond acceptors (Lipinski definition) is 5. The highest BCUT2D eigenvalue weighted by atomic mass is 32.2. The molecule has 6 nitrogen and oxygen atoms in total. The second-order valence-electron chi connectivity index (χ2n) is 6.02. The van der Waals surface area contributed by atoms with Gasteiger partial charge in [0.25, 0.3) is 0 Å². The van der Waals surface area contributed by atoms with E-state index in [-0.39, 0.29) is 28.1 Å². The number of anilines is 1. The number of halogens is 2. The van der Waals surface area contributed by atoms with E-state index in [0.717, 1.165) is 16.1 Å². The zero-order chi connectivity index (χ0) is 19.2. The van der Waals surface area contributed by atoms with E-state index >= 15 is 0 Å². The minimum Gasteiger partial charge on any atom is -0.368 e. The third kappa shape index (κ3) is 2.94. The smallest absolute Gasteiger partial charge is 0.244 e. The third-order valence-corrected chi connectivity index (χ3v) is 5.96. The molecule has 3 rings (SSSR count). The minimum atomic E-state index is -3.81. The van der Waals surface area contributed by atoms with Crippen LogP contribution in [-0.4, -0.2) is 28.4 Å². The first-order valence-electron chi connectivity index (χ1n) is 7.64. The van der Waals surface area contributed by atoms with Crippen LogP contribution in [0.5, 0.6) is 0 Å². The Morgan fingerprint density at radius 2 is 1.69 bits per heavy atom. The molecule has 3 aromatic rings. The van der Waals surface area contributed by atoms with Crippen molar-refractivity contribution in [2.75, 3.05) is 5.73 Å². The molecular weight excluding hydrogens is 364 g/mol. The molecule has 0 amide bonds. The summed E-state index contributed by atoms with van der Waals surface area (Å²) in [5.41, 5.74) is 6.02. The van der Waals surface area contributed by atoms with Gasteiger partial charge in [-0.2, -0.15) is 0 Å². The van der Waals surface area contributed by atoms with Crippen LogP contribution in [-0.2, 0) is 10.0 Å². The van der Waals surface area contributed by atoms with E-state index in [1.165, 1.54) is 32.0 Å². The van der Waals surface area contributed by atoms with E-state index in [1.54, 1.807) is 0 Å². The molecule has 0 saturated carbocycles. The summed E-state index contributed by atoms with van der Waals surface area (Å²) in [6.45, 7) is 2.98. The number of ketones is 1. The van der Waals surface area contributed by atoms with Gasteiger partial charge in [-0.05, 0) is 44.2 Å². The Hall–Kier alpha value is -2.81. The van der Waals surface area contributed by atoms with Crippen LogP contribution in [0.1, 0.15) is 29.8 Å². The lowest BCUT2D eigenvalue weighted by Crippen LogP contribution is -2.23. The molecule has 0 unspecified atom stereocenters. The monoisotopic (exact) mass is 379 g/mol. The lowest BCUT2D eigenvalue weighted by molar-refractivity contribution is 0.103. The fourth-order valence-electron chi connectivity index (χ4n) is 2.54. The van der Waals surface area contributed by atoms with Gasteiger partial charge in [0, 0.05) is 17.2 Å². The van der Waals surface area contributed by atoms with Crippen molar-refractivity contribution in [3.05, 3.63) is 59.2 Å². The molecule has 0 fully saturated rings. The van der Waals surface area contributed by atoms with E-state index in [4.69, 9.17) is 5.73 Å². The van der Waals surface area contributed by atoms with Gasteiger partial charge in [0.2, 0.25) is 16.0 Å². The molecule has 0 atom stereocenters. The fraction of sp³-hybridized carbons (Fsp3) is 0.176. The minimum absolute atomic E-state index is 0.0580. The summed E-state index contributed by atoms with van der Waals surface area (Å²) in [6, 6.07) is 6.60. The Balaban J connectivity index is 2.19. The Morgan fingerprint density at radius 3 is 2.27 bits per heavy atom. The van der Waals surface area contributed by atoms with Gasteiger partial charge in [-0.25, -0.2) is 26.2 Å². The number of carbonyl (C=O) groups is 1. The number of hydrogen-bond donors (Lipinski definition) is 1. The number of nitrogens with zero attached hydrogens (tertiary/aromatic N) is 2. The first kappa shape index (κ1) is 18.0. The van der Waals surface area contributed by atoms with Crippen LogP contribution in [0.3, 0.4) is 0 Å². The molecule has 0 bridgehead atoms. The van der Waals surface area contributed by atoms with Crippen molar-refractivity contribution in [2.24, 2.45) is 0 Å². The first-order valence-corrected chi connectivity index (χ1v) is 9.14. The Bertz CT molecular complexity index is 1120. The number of imidazole rings is 1. The highest BCUT2D eigenvalue weighted by molar-refractivity contribution is 7.90. The molecule has 0 aliphatic rings. The number of aromatic nitrogens is 2. The molecule has 0 saturated heterocycles. The van der Waals surface area contributed by atoms with Crippen molar-refractivity contribution in [3.63, 3.8) is 0 Å². The zero-order valence-corrected chi connectivity index (χ0v) is 14.7. The highest BCUT2D eigenvalue weighted by Crippen LogP contribution is 2.25. The summed E-state index contributed by atoms with van der Waals surface area (Å²) in [4.78, 5) is 16.5. The van der Waals surface area contributed by atoms with Gasteiger partial charge in [0.15, 0.2) is 5.78 Å². The van der Waals surface area contributed by atoms with Crippen molar-refractivity contribution >= 4 is 32.8 Å². The van der Waals surface area contributed by atoms with Crippen LogP contribution >= 0.6 is 0 Å². The number of benzene rings is 2. The summed E-state index contributed by atoms with van der Waals surface area (Å²) >= 11 is 0. The van der Waals surface area contributed by atoms with Gasteiger partial charge in [-0.1, -0.05) is 0 Å². The normalized spacial score (nSPS) is 12.0. The molecular formula is C17H15F2N3O3S. The van der Waals surface area contributed by atoms with Crippen molar-refractivity contribution in [1.82, 2.24) is 8.96 Å². The van der Waals surface area contributed by atoms with Crippen molar-refractivity contribution in [2.45, 2.75) is 19.1 Å². The summed E-state index contributed by atoms with van der Waals surface area (Å²) in [5.74, 6) is -2.65. The van der Waals surface area contributed by atoms with E-state index in [9.17, 15) is 22.0 Å². The molecule has 1 heterocycles. The predicted molar refractivity (Wildman–Crippen MR) is 93.4 cm³/mol. The Labute approximate surface area is 148 Å². The number of rotatable bonds is 4. The first-order chi connectivity index (χ1) is 12.1. The summed E-state index contributed by atoms with van der Waals surface area (Å²) in [6.07, 6.45) is 0. The van der Waals surface area contributed by atoms with Gasteiger partial charge >= 0.3 is 0 Å². The maximum absolute atomic E-state index is 13.4. The Kier molecular flexibility index (Phi) is 4.27. The average molecular weight is 379 g/mol. The van der Waals surface area contributed by atoms with E-state index in [2.05, 4.69) is 4.98 Å². The van der Waals surface area contributed by atoms with Gasteiger partial charge < -0.3 is 5.73 Å². The number of nitrogens with two attached hydrogens (primary N) is 1. The molecule has 9 heteroatoms. The molecule has 0 aliphatic carbocycles. The molecule has 0 aliphatic heterocycles. The van der Waals surface area contributed by atoms with Crippen molar-refractivity contribution in [1.29, 1.82) is 0 Å². The maximum atomic E-state index is 13.4. The van der Waals surface area contributed by atoms with Crippen molar-refractivity contribution in [3.8, 4) is 0 Å². The van der Waals surface area contributed by atoms with Gasteiger partial charge in [0.1, 0.15) is 11.6 Å². The van der Waals surface area contributed by atoms with E-state index in [0.29, 0.717) is 6.07 Å². The predicted octanol–water partition coefficient (Wildman–Crippen LogP) is 2.71. The lowest BCUT2D eigenvalue weighted by Gasteiger charge is -2.11. The van der Waals surface area contributed by atoms with Crippen LogP contribution in [0, 0.1) is 11.6 Å². The topological polar surface area (TPSA) is 95.1 Å². The third-order valence-electron chi connectivity index (χ3n) is 3.87. The summed E-state index contributed by atoms with van der Waals surface area (Å²) < 4.78 is 52.7. The summed E-state index contributed by atoms with van der Waals surface area (Å²) in [7, 11) is -3.81. The lowest BCUT2D eigenvalue weighted by atomic mass is 10.0.